The van der Waals surface area contributed by atoms with Crippen LogP contribution in [0, 0.1) is 5.41 Å². The third-order valence-electron chi connectivity index (χ3n) is 4.37. The van der Waals surface area contributed by atoms with Crippen LogP contribution in [-0.2, 0) is 4.74 Å². The normalized spacial score (nSPS) is 11.1. The molecule has 1 aromatic heterocycles. The topological polar surface area (TPSA) is 186 Å². The Kier molecular flexibility index (Phi) is 11.0. The number of nitrogens with two attached hydrogens (primary N) is 3. The second kappa shape index (κ2) is 12.9. The SMILES string of the molecule is CC(C)(C)OC(=O)NCCCCCCCCCN(C(=N)N)C(=O)c1nc(Cl)c(N)nc1N. The number of aromatic nitrogens is 2. The molecule has 0 aliphatic carbocycles. The zero-order valence-corrected chi connectivity index (χ0v) is 19.8. The van der Waals surface area contributed by atoms with Crippen LogP contribution in [0.5, 0.6) is 0 Å². The van der Waals surface area contributed by atoms with Gasteiger partial charge in [0.2, 0.25) is 0 Å². The maximum atomic E-state index is 12.6. The lowest BCUT2D eigenvalue weighted by Gasteiger charge is -2.20. The van der Waals surface area contributed by atoms with Crippen LogP contribution < -0.4 is 22.5 Å². The Hall–Kier alpha value is -2.82. The summed E-state index contributed by atoms with van der Waals surface area (Å²) in [6.07, 6.45) is 6.10. The molecule has 1 aromatic rings. The molecule has 0 spiro atoms. The number of guanidine groups is 1. The predicted octanol–water partition coefficient (Wildman–Crippen LogP) is 2.89. The third-order valence-corrected chi connectivity index (χ3v) is 4.65. The van der Waals surface area contributed by atoms with Crippen molar-refractivity contribution in [2.45, 2.75) is 71.3 Å². The molecule has 0 bridgehead atoms. The van der Waals surface area contributed by atoms with Crippen molar-refractivity contribution in [2.24, 2.45) is 5.73 Å². The van der Waals surface area contributed by atoms with Crippen molar-refractivity contribution in [3.8, 4) is 0 Å². The van der Waals surface area contributed by atoms with Crippen molar-refractivity contribution in [1.29, 1.82) is 5.41 Å². The van der Waals surface area contributed by atoms with Crippen LogP contribution in [0.25, 0.3) is 0 Å². The van der Waals surface area contributed by atoms with Gasteiger partial charge in [0.1, 0.15) is 5.60 Å². The summed E-state index contributed by atoms with van der Waals surface area (Å²) >= 11 is 5.83. The molecular formula is C20H35ClN8O3. The highest BCUT2D eigenvalue weighted by molar-refractivity contribution is 6.31. The van der Waals surface area contributed by atoms with E-state index in [1.165, 1.54) is 0 Å². The summed E-state index contributed by atoms with van der Waals surface area (Å²) in [5, 5.41) is 10.3. The zero-order chi connectivity index (χ0) is 24.3. The Morgan fingerprint density at radius 3 is 2.16 bits per heavy atom. The highest BCUT2D eigenvalue weighted by Gasteiger charge is 2.23. The quantitative estimate of drug-likeness (QED) is 0.185. The van der Waals surface area contributed by atoms with Gasteiger partial charge in [-0.05, 0) is 33.6 Å². The van der Waals surface area contributed by atoms with E-state index >= 15 is 0 Å². The first kappa shape index (κ1) is 27.2. The Balaban J connectivity index is 2.27. The largest absolute Gasteiger partial charge is 0.444 e. The molecule has 0 atom stereocenters. The van der Waals surface area contributed by atoms with E-state index in [1.54, 1.807) is 0 Å². The number of anilines is 2. The second-order valence-corrected chi connectivity index (χ2v) is 8.74. The number of halogens is 1. The smallest absolute Gasteiger partial charge is 0.407 e. The van der Waals surface area contributed by atoms with E-state index < -0.39 is 23.6 Å². The molecule has 11 nitrogen and oxygen atoms in total. The summed E-state index contributed by atoms with van der Waals surface area (Å²) in [6.45, 7) is 6.34. The lowest BCUT2D eigenvalue weighted by molar-refractivity contribution is 0.0526. The number of alkyl carbamates (subject to hydrolysis) is 1. The summed E-state index contributed by atoms with van der Waals surface area (Å²) in [5.74, 6) is -1.27. The van der Waals surface area contributed by atoms with Crippen molar-refractivity contribution in [2.75, 3.05) is 24.6 Å². The van der Waals surface area contributed by atoms with E-state index in [-0.39, 0.29) is 29.0 Å². The van der Waals surface area contributed by atoms with E-state index in [0.717, 1.165) is 43.4 Å². The Morgan fingerprint density at radius 1 is 1.03 bits per heavy atom. The predicted molar refractivity (Wildman–Crippen MR) is 125 cm³/mol. The maximum Gasteiger partial charge on any atom is 0.407 e. The van der Waals surface area contributed by atoms with E-state index in [9.17, 15) is 9.59 Å². The molecule has 32 heavy (non-hydrogen) atoms. The van der Waals surface area contributed by atoms with E-state index in [2.05, 4.69) is 15.3 Å². The van der Waals surface area contributed by atoms with Crippen LogP contribution in [0.2, 0.25) is 5.15 Å². The van der Waals surface area contributed by atoms with Gasteiger partial charge in [-0.1, -0.05) is 43.7 Å². The fourth-order valence-electron chi connectivity index (χ4n) is 2.84. The molecule has 180 valence electrons. The number of carbonyl (C=O) groups excluding carboxylic acids is 2. The average molecular weight is 471 g/mol. The fourth-order valence-corrected chi connectivity index (χ4v) is 2.97. The first-order valence-electron chi connectivity index (χ1n) is 10.6. The molecule has 1 rings (SSSR count). The van der Waals surface area contributed by atoms with Crippen molar-refractivity contribution in [1.82, 2.24) is 20.2 Å². The number of amides is 2. The molecule has 0 saturated heterocycles. The van der Waals surface area contributed by atoms with Gasteiger partial charge in [0.05, 0.1) is 0 Å². The van der Waals surface area contributed by atoms with Crippen LogP contribution in [0.1, 0.15) is 76.2 Å². The molecule has 0 radical (unpaired) electrons. The molecule has 0 aliphatic rings. The number of nitrogens with zero attached hydrogens (tertiary/aromatic N) is 3. The summed E-state index contributed by atoms with van der Waals surface area (Å²) < 4.78 is 5.18. The number of nitrogen functional groups attached to an aromatic ring is 2. The van der Waals surface area contributed by atoms with Crippen LogP contribution >= 0.6 is 11.6 Å². The van der Waals surface area contributed by atoms with Gasteiger partial charge in [0, 0.05) is 13.1 Å². The summed E-state index contributed by atoms with van der Waals surface area (Å²) in [5.41, 5.74) is 16.1. The fraction of sp³-hybridized carbons (Fsp3) is 0.650. The van der Waals surface area contributed by atoms with E-state index in [4.69, 9.17) is 38.9 Å². The number of unbranched alkanes of at least 4 members (excludes halogenated alkanes) is 6. The molecule has 0 unspecified atom stereocenters. The first-order chi connectivity index (χ1) is 14.9. The van der Waals surface area contributed by atoms with Crippen molar-refractivity contribution in [3.05, 3.63) is 10.8 Å². The maximum absolute atomic E-state index is 12.6. The lowest BCUT2D eigenvalue weighted by atomic mass is 10.1. The molecule has 8 N–H and O–H groups in total. The Bertz CT molecular complexity index is 798. The van der Waals surface area contributed by atoms with Crippen LogP contribution in [0.3, 0.4) is 0 Å². The number of ether oxygens (including phenoxy) is 1. The van der Waals surface area contributed by atoms with E-state index in [1.807, 2.05) is 20.8 Å². The van der Waals surface area contributed by atoms with Gasteiger partial charge in [0.25, 0.3) is 5.91 Å². The second-order valence-electron chi connectivity index (χ2n) is 8.38. The molecule has 0 aliphatic heterocycles. The monoisotopic (exact) mass is 470 g/mol. The molecule has 0 saturated carbocycles. The summed E-state index contributed by atoms with van der Waals surface area (Å²) in [4.78, 5) is 32.9. The van der Waals surface area contributed by atoms with Crippen LogP contribution in [0.4, 0.5) is 16.4 Å². The van der Waals surface area contributed by atoms with Crippen LogP contribution in [0.15, 0.2) is 0 Å². The Morgan fingerprint density at radius 2 is 1.59 bits per heavy atom. The molecule has 0 aromatic carbocycles. The summed E-state index contributed by atoms with van der Waals surface area (Å²) in [7, 11) is 0. The highest BCUT2D eigenvalue weighted by atomic mass is 35.5. The minimum absolute atomic E-state index is 0.0734. The number of nitrogens with one attached hydrogen (secondary N) is 2. The number of hydrogen-bond donors (Lipinski definition) is 5. The zero-order valence-electron chi connectivity index (χ0n) is 19.0. The van der Waals surface area contributed by atoms with Gasteiger partial charge in [0.15, 0.2) is 28.4 Å². The highest BCUT2D eigenvalue weighted by Crippen LogP contribution is 2.19. The minimum Gasteiger partial charge on any atom is -0.444 e. The van der Waals surface area contributed by atoms with Gasteiger partial charge in [-0.2, -0.15) is 0 Å². The Labute approximate surface area is 193 Å². The first-order valence-corrected chi connectivity index (χ1v) is 11.0. The molecule has 2 amide bonds. The molecule has 12 heteroatoms. The third kappa shape index (κ3) is 9.99. The van der Waals surface area contributed by atoms with Gasteiger partial charge >= 0.3 is 6.09 Å². The minimum atomic E-state index is -0.637. The number of carbonyl (C=O) groups is 2. The lowest BCUT2D eigenvalue weighted by Crippen LogP contribution is -2.42. The van der Waals surface area contributed by atoms with Crippen LogP contribution in [-0.4, -0.2) is 51.5 Å². The molecule has 0 fully saturated rings. The van der Waals surface area contributed by atoms with Crippen molar-refractivity contribution < 1.29 is 14.3 Å². The van der Waals surface area contributed by atoms with Crippen molar-refractivity contribution in [3.63, 3.8) is 0 Å². The summed E-state index contributed by atoms with van der Waals surface area (Å²) in [6, 6.07) is 0. The van der Waals surface area contributed by atoms with Gasteiger partial charge < -0.3 is 27.3 Å². The number of hydrogen-bond acceptors (Lipinski definition) is 8. The number of rotatable bonds is 11. The molecular weight excluding hydrogens is 436 g/mol. The van der Waals surface area contributed by atoms with Gasteiger partial charge in [-0.25, -0.2) is 14.8 Å². The van der Waals surface area contributed by atoms with Gasteiger partial charge in [-0.15, -0.1) is 0 Å². The average Bonchev–Trinajstić information content (AvgIpc) is 2.66. The molecule has 1 heterocycles. The van der Waals surface area contributed by atoms with Gasteiger partial charge in [-0.3, -0.25) is 15.1 Å². The van der Waals surface area contributed by atoms with Crippen molar-refractivity contribution >= 4 is 41.2 Å². The van der Waals surface area contributed by atoms with E-state index in [0.29, 0.717) is 13.0 Å². The standard InChI is InChI=1S/C20H35ClN8O3/c1-20(2,3)32-19(31)26-11-9-7-5-4-6-8-10-12-29(18(24)25)17(30)13-15(22)28-16(23)14(21)27-13/h4-12H2,1-3H3,(H3,24,25)(H,26,31)(H4,22,23,28).